The highest BCUT2D eigenvalue weighted by atomic mass is 16.6. The van der Waals surface area contributed by atoms with E-state index in [0.717, 1.165) is 11.1 Å². The van der Waals surface area contributed by atoms with Crippen molar-refractivity contribution in [2.75, 3.05) is 7.11 Å². The number of hydrogen-bond acceptors (Lipinski definition) is 5. The lowest BCUT2D eigenvalue weighted by Gasteiger charge is -2.10. The Morgan fingerprint density at radius 3 is 2.37 bits per heavy atom. The minimum Gasteiger partial charge on any atom is -0.493 e. The number of benzene rings is 3. The van der Waals surface area contributed by atoms with Gasteiger partial charge >= 0.3 is 11.6 Å². The van der Waals surface area contributed by atoms with Crippen LogP contribution in [0.1, 0.15) is 21.5 Å². The summed E-state index contributed by atoms with van der Waals surface area (Å²) in [4.78, 5) is 24.8. The van der Waals surface area contributed by atoms with Gasteiger partial charge in [0.2, 0.25) is 0 Å². The molecule has 148 valence electrons. The van der Waals surface area contributed by atoms with Gasteiger partial charge in [-0.25, -0.2) is 9.59 Å². The number of methoxy groups -OCH3 is 1. The van der Waals surface area contributed by atoms with Crippen LogP contribution in [-0.4, -0.2) is 13.1 Å². The maximum atomic E-state index is 12.6. The van der Waals surface area contributed by atoms with Crippen molar-refractivity contribution in [3.05, 3.63) is 106 Å². The van der Waals surface area contributed by atoms with Gasteiger partial charge < -0.3 is 13.9 Å². The van der Waals surface area contributed by atoms with E-state index in [1.54, 1.807) is 42.5 Å². The van der Waals surface area contributed by atoms with Crippen LogP contribution in [-0.2, 0) is 0 Å². The van der Waals surface area contributed by atoms with E-state index in [-0.39, 0.29) is 11.3 Å². The maximum absolute atomic E-state index is 12.6. The minimum atomic E-state index is -0.805. The molecule has 0 spiro atoms. The summed E-state index contributed by atoms with van der Waals surface area (Å²) in [6.07, 6.45) is 3.90. The zero-order chi connectivity index (χ0) is 20.9. The summed E-state index contributed by atoms with van der Waals surface area (Å²) >= 11 is 0. The topological polar surface area (TPSA) is 65.7 Å². The number of ether oxygens (including phenoxy) is 2. The number of para-hydroxylation sites is 1. The number of carbonyl (C=O) groups is 1. The van der Waals surface area contributed by atoms with Crippen LogP contribution >= 0.6 is 0 Å². The smallest absolute Gasteiger partial charge is 0.351 e. The second-order valence-corrected chi connectivity index (χ2v) is 6.53. The van der Waals surface area contributed by atoms with E-state index in [1.807, 2.05) is 42.5 Å². The van der Waals surface area contributed by atoms with Crippen LogP contribution in [0.15, 0.2) is 88.1 Å². The lowest BCUT2D eigenvalue weighted by molar-refractivity contribution is 0.0725. The summed E-state index contributed by atoms with van der Waals surface area (Å²) in [7, 11) is 1.49. The van der Waals surface area contributed by atoms with Gasteiger partial charge in [0.25, 0.3) is 0 Å². The van der Waals surface area contributed by atoms with E-state index in [0.29, 0.717) is 16.7 Å². The van der Waals surface area contributed by atoms with Crippen molar-refractivity contribution in [3.63, 3.8) is 0 Å². The molecule has 5 heteroatoms. The van der Waals surface area contributed by atoms with Gasteiger partial charge in [-0.2, -0.15) is 0 Å². The number of fused-ring (bicyclic) bond motifs is 1. The molecule has 0 aliphatic rings. The van der Waals surface area contributed by atoms with Crippen LogP contribution in [0.5, 0.6) is 11.5 Å². The Labute approximate surface area is 172 Å². The maximum Gasteiger partial charge on any atom is 0.351 e. The first kappa shape index (κ1) is 19.2. The van der Waals surface area contributed by atoms with Gasteiger partial charge in [0.15, 0.2) is 11.5 Å². The molecular weight excluding hydrogens is 380 g/mol. The molecule has 0 saturated heterocycles. The van der Waals surface area contributed by atoms with Crippen molar-refractivity contribution >= 4 is 29.1 Å². The van der Waals surface area contributed by atoms with E-state index in [9.17, 15) is 9.59 Å². The third-order valence-corrected chi connectivity index (χ3v) is 4.52. The van der Waals surface area contributed by atoms with Gasteiger partial charge in [0.05, 0.1) is 7.11 Å². The molecule has 0 aliphatic heterocycles. The SMILES string of the molecule is COc1cc(C=Cc2ccccc2)ccc1OC(=O)c1cc2ccccc2oc1=O. The van der Waals surface area contributed by atoms with E-state index in [2.05, 4.69) is 0 Å². The molecule has 0 bridgehead atoms. The van der Waals surface area contributed by atoms with Crippen LogP contribution in [0.2, 0.25) is 0 Å². The molecule has 0 amide bonds. The Morgan fingerprint density at radius 2 is 1.57 bits per heavy atom. The third-order valence-electron chi connectivity index (χ3n) is 4.52. The second kappa shape index (κ2) is 8.49. The Hall–Kier alpha value is -4.12. The fourth-order valence-electron chi connectivity index (χ4n) is 2.99. The monoisotopic (exact) mass is 398 g/mol. The Balaban J connectivity index is 1.58. The van der Waals surface area contributed by atoms with Crippen molar-refractivity contribution < 1.29 is 18.7 Å². The van der Waals surface area contributed by atoms with Gasteiger partial charge in [0.1, 0.15) is 11.1 Å². The van der Waals surface area contributed by atoms with E-state index < -0.39 is 11.6 Å². The molecule has 0 aliphatic carbocycles. The van der Waals surface area contributed by atoms with Crippen LogP contribution in [0.3, 0.4) is 0 Å². The molecule has 1 heterocycles. The summed E-state index contributed by atoms with van der Waals surface area (Å²) in [5, 5.41) is 0.636. The fraction of sp³-hybridized carbons (Fsp3) is 0.0400. The summed E-state index contributed by atoms with van der Waals surface area (Å²) < 4.78 is 16.0. The average molecular weight is 398 g/mol. The highest BCUT2D eigenvalue weighted by Crippen LogP contribution is 2.29. The molecule has 4 aromatic rings. The number of hydrogen-bond donors (Lipinski definition) is 0. The van der Waals surface area contributed by atoms with E-state index >= 15 is 0 Å². The predicted octanol–water partition coefficient (Wildman–Crippen LogP) is 5.19. The quantitative estimate of drug-likeness (QED) is 0.200. The summed E-state index contributed by atoms with van der Waals surface area (Å²) in [5.74, 6) is -0.212. The number of esters is 1. The van der Waals surface area contributed by atoms with Gasteiger partial charge in [0, 0.05) is 5.39 Å². The molecule has 0 radical (unpaired) electrons. The summed E-state index contributed by atoms with van der Waals surface area (Å²) in [6, 6.07) is 23.5. The predicted molar refractivity (Wildman–Crippen MR) is 116 cm³/mol. The molecule has 0 N–H and O–H groups in total. The standard InChI is InChI=1S/C25H18O5/c1-28-23-15-18(12-11-17-7-3-2-4-8-17)13-14-22(23)30-25(27)20-16-19-9-5-6-10-21(19)29-24(20)26/h2-16H,1H3. The van der Waals surface area contributed by atoms with Gasteiger partial charge in [-0.15, -0.1) is 0 Å². The van der Waals surface area contributed by atoms with Gasteiger partial charge in [-0.3, -0.25) is 0 Å². The van der Waals surface area contributed by atoms with Crippen LogP contribution in [0, 0.1) is 0 Å². The Bertz CT molecular complexity index is 1290. The van der Waals surface area contributed by atoms with Crippen LogP contribution in [0.4, 0.5) is 0 Å². The number of carbonyl (C=O) groups excluding carboxylic acids is 1. The second-order valence-electron chi connectivity index (χ2n) is 6.53. The molecule has 0 saturated carbocycles. The molecule has 5 nitrogen and oxygen atoms in total. The normalized spacial score (nSPS) is 11.0. The highest BCUT2D eigenvalue weighted by Gasteiger charge is 2.18. The van der Waals surface area contributed by atoms with Crippen molar-refractivity contribution in [2.24, 2.45) is 0 Å². The fourth-order valence-corrected chi connectivity index (χ4v) is 2.99. The van der Waals surface area contributed by atoms with Crippen LogP contribution < -0.4 is 15.1 Å². The molecule has 0 atom stereocenters. The first-order chi connectivity index (χ1) is 14.6. The van der Waals surface area contributed by atoms with Crippen molar-refractivity contribution in [1.29, 1.82) is 0 Å². The first-order valence-electron chi connectivity index (χ1n) is 9.30. The summed E-state index contributed by atoms with van der Waals surface area (Å²) in [5.41, 5.74) is 1.42. The first-order valence-corrected chi connectivity index (χ1v) is 9.30. The molecule has 1 aromatic heterocycles. The third kappa shape index (κ3) is 4.15. The van der Waals surface area contributed by atoms with E-state index in [1.165, 1.54) is 13.2 Å². The van der Waals surface area contributed by atoms with Gasteiger partial charge in [-0.1, -0.05) is 66.7 Å². The molecule has 0 fully saturated rings. The lowest BCUT2D eigenvalue weighted by atomic mass is 10.1. The lowest BCUT2D eigenvalue weighted by Crippen LogP contribution is -2.19. The molecule has 3 aromatic carbocycles. The molecule has 0 unspecified atom stereocenters. The number of rotatable bonds is 5. The Kier molecular flexibility index (Phi) is 5.44. The van der Waals surface area contributed by atoms with E-state index in [4.69, 9.17) is 13.9 Å². The molecule has 4 rings (SSSR count). The van der Waals surface area contributed by atoms with Crippen molar-refractivity contribution in [3.8, 4) is 11.5 Å². The van der Waals surface area contributed by atoms with Gasteiger partial charge in [-0.05, 0) is 35.4 Å². The van der Waals surface area contributed by atoms with Crippen LogP contribution in [0.25, 0.3) is 23.1 Å². The van der Waals surface area contributed by atoms with Crippen molar-refractivity contribution in [2.45, 2.75) is 0 Å². The minimum absolute atomic E-state index is 0.177. The molecular formula is C25H18O5. The Morgan fingerprint density at radius 1 is 0.833 bits per heavy atom. The average Bonchev–Trinajstić information content (AvgIpc) is 2.78. The zero-order valence-corrected chi connectivity index (χ0v) is 16.2. The molecule has 30 heavy (non-hydrogen) atoms. The summed E-state index contributed by atoms with van der Waals surface area (Å²) in [6.45, 7) is 0. The largest absolute Gasteiger partial charge is 0.493 e. The zero-order valence-electron chi connectivity index (χ0n) is 16.2. The van der Waals surface area contributed by atoms with Crippen molar-refractivity contribution in [1.82, 2.24) is 0 Å². The highest BCUT2D eigenvalue weighted by molar-refractivity contribution is 5.94.